The zero-order valence-corrected chi connectivity index (χ0v) is 15.8. The number of nitrogen functional groups attached to an aromatic ring is 1. The molecule has 0 fully saturated rings. The first kappa shape index (κ1) is 21.4. The molecule has 0 saturated carbocycles. The summed E-state index contributed by atoms with van der Waals surface area (Å²) in [6, 6.07) is 11.9. The normalized spacial score (nSPS) is 10.7. The van der Waals surface area contributed by atoms with Crippen LogP contribution in [0, 0.1) is 11.8 Å². The first-order chi connectivity index (χ1) is 14.6. The maximum Gasteiger partial charge on any atom is 0.416 e. The number of benzene rings is 2. The van der Waals surface area contributed by atoms with Crippen molar-refractivity contribution in [2.75, 3.05) is 11.1 Å². The van der Waals surface area contributed by atoms with Crippen LogP contribution in [0.5, 0.6) is 0 Å². The van der Waals surface area contributed by atoms with E-state index in [4.69, 9.17) is 11.5 Å². The van der Waals surface area contributed by atoms with Gasteiger partial charge in [0.1, 0.15) is 5.82 Å². The van der Waals surface area contributed by atoms with Gasteiger partial charge in [-0.25, -0.2) is 4.98 Å². The first-order valence-electron chi connectivity index (χ1n) is 8.79. The smallest absolute Gasteiger partial charge is 0.383 e. The molecule has 5 N–H and O–H groups in total. The highest BCUT2D eigenvalue weighted by atomic mass is 19.4. The second kappa shape index (κ2) is 8.59. The molecule has 6 nitrogen and oxygen atoms in total. The van der Waals surface area contributed by atoms with Gasteiger partial charge >= 0.3 is 6.18 Å². The summed E-state index contributed by atoms with van der Waals surface area (Å²) in [6.45, 7) is 0. The number of hydrogen-bond acceptors (Lipinski definition) is 4. The van der Waals surface area contributed by atoms with Crippen LogP contribution in [-0.2, 0) is 6.18 Å². The number of nitrogens with zero attached hydrogens (tertiary/aromatic N) is 1. The van der Waals surface area contributed by atoms with Crippen molar-refractivity contribution in [3.05, 3.63) is 88.6 Å². The predicted octanol–water partition coefficient (Wildman–Crippen LogP) is 3.43. The van der Waals surface area contributed by atoms with Crippen LogP contribution in [0.4, 0.5) is 24.7 Å². The van der Waals surface area contributed by atoms with Gasteiger partial charge in [0.15, 0.2) is 0 Å². The van der Waals surface area contributed by atoms with E-state index in [-0.39, 0.29) is 16.9 Å². The molecule has 2 amide bonds. The molecular weight excluding hydrogens is 409 g/mol. The zero-order chi connectivity index (χ0) is 22.6. The Morgan fingerprint density at radius 2 is 1.71 bits per heavy atom. The van der Waals surface area contributed by atoms with E-state index in [9.17, 15) is 22.8 Å². The zero-order valence-electron chi connectivity index (χ0n) is 15.8. The molecule has 31 heavy (non-hydrogen) atoms. The fourth-order valence-electron chi connectivity index (χ4n) is 2.56. The monoisotopic (exact) mass is 424 g/mol. The minimum Gasteiger partial charge on any atom is -0.383 e. The van der Waals surface area contributed by atoms with E-state index >= 15 is 0 Å². The van der Waals surface area contributed by atoms with Crippen molar-refractivity contribution in [1.82, 2.24) is 4.98 Å². The van der Waals surface area contributed by atoms with Crippen LogP contribution in [-0.4, -0.2) is 16.8 Å². The van der Waals surface area contributed by atoms with E-state index in [0.717, 1.165) is 18.2 Å². The average Bonchev–Trinajstić information content (AvgIpc) is 2.72. The van der Waals surface area contributed by atoms with Crippen LogP contribution in [0.2, 0.25) is 0 Å². The van der Waals surface area contributed by atoms with Gasteiger partial charge in [0.25, 0.3) is 5.91 Å². The number of rotatable bonds is 3. The topological polar surface area (TPSA) is 111 Å². The molecule has 2 aromatic carbocycles. The van der Waals surface area contributed by atoms with Crippen LogP contribution in [0.15, 0.2) is 60.8 Å². The largest absolute Gasteiger partial charge is 0.416 e. The van der Waals surface area contributed by atoms with Crippen molar-refractivity contribution in [2.45, 2.75) is 6.18 Å². The standard InChI is InChI=1S/C22H15F3N4O2/c23-22(24,25)17-5-2-4-15(11-17)21(31)29-18-6-1-3-13(9-18)7-8-14-10-16(20(27)30)12-28-19(14)26/h1-6,9-12H,(H2,26,28)(H2,27,30)(H,29,31). The number of nitrogens with two attached hydrogens (primary N) is 2. The fraction of sp³-hybridized carbons (Fsp3) is 0.0455. The third kappa shape index (κ3) is 5.39. The predicted molar refractivity (Wildman–Crippen MR) is 109 cm³/mol. The Kier molecular flexibility index (Phi) is 5.93. The number of nitrogens with one attached hydrogen (secondary N) is 1. The Morgan fingerprint density at radius 3 is 2.42 bits per heavy atom. The summed E-state index contributed by atoms with van der Waals surface area (Å²) >= 11 is 0. The van der Waals surface area contributed by atoms with Gasteiger partial charge < -0.3 is 16.8 Å². The van der Waals surface area contributed by atoms with Crippen molar-refractivity contribution in [3.63, 3.8) is 0 Å². The van der Waals surface area contributed by atoms with E-state index in [1.807, 2.05) is 0 Å². The number of aromatic nitrogens is 1. The molecule has 0 radical (unpaired) electrons. The van der Waals surface area contributed by atoms with Crippen molar-refractivity contribution in [3.8, 4) is 11.8 Å². The number of primary amides is 1. The third-order valence-corrected chi connectivity index (χ3v) is 4.12. The summed E-state index contributed by atoms with van der Waals surface area (Å²) in [6.07, 6.45) is -3.30. The number of carbonyl (C=O) groups is 2. The molecule has 9 heteroatoms. The molecule has 1 heterocycles. The molecule has 0 saturated heterocycles. The fourth-order valence-corrected chi connectivity index (χ4v) is 2.56. The van der Waals surface area contributed by atoms with Gasteiger partial charge in [-0.2, -0.15) is 13.2 Å². The van der Waals surface area contributed by atoms with Gasteiger partial charge in [-0.15, -0.1) is 0 Å². The van der Waals surface area contributed by atoms with Crippen LogP contribution >= 0.6 is 0 Å². The minimum atomic E-state index is -4.55. The van der Waals surface area contributed by atoms with Crippen LogP contribution in [0.25, 0.3) is 0 Å². The van der Waals surface area contributed by atoms with Gasteiger partial charge in [0.05, 0.1) is 16.7 Å². The second-order valence-corrected chi connectivity index (χ2v) is 6.38. The molecule has 3 aromatic rings. The summed E-state index contributed by atoms with van der Waals surface area (Å²) < 4.78 is 38.5. The second-order valence-electron chi connectivity index (χ2n) is 6.38. The molecule has 0 aliphatic heterocycles. The highest BCUT2D eigenvalue weighted by Crippen LogP contribution is 2.29. The van der Waals surface area contributed by atoms with Crippen molar-refractivity contribution in [1.29, 1.82) is 0 Å². The Hall–Kier alpha value is -4.32. The molecule has 0 bridgehead atoms. The molecule has 0 aliphatic carbocycles. The highest BCUT2D eigenvalue weighted by Gasteiger charge is 2.30. The van der Waals surface area contributed by atoms with Crippen molar-refractivity contribution < 1.29 is 22.8 Å². The number of carbonyl (C=O) groups excluding carboxylic acids is 2. The van der Waals surface area contributed by atoms with Gasteiger partial charge in [-0.3, -0.25) is 9.59 Å². The molecule has 0 aliphatic rings. The van der Waals surface area contributed by atoms with Crippen LogP contribution < -0.4 is 16.8 Å². The number of amides is 2. The minimum absolute atomic E-state index is 0.117. The lowest BCUT2D eigenvalue weighted by atomic mass is 10.1. The van der Waals surface area contributed by atoms with E-state index in [1.54, 1.807) is 24.3 Å². The van der Waals surface area contributed by atoms with Crippen molar-refractivity contribution >= 4 is 23.3 Å². The van der Waals surface area contributed by atoms with Gasteiger partial charge in [0.2, 0.25) is 5.91 Å². The van der Waals surface area contributed by atoms with Crippen LogP contribution in [0.3, 0.4) is 0 Å². The number of halogens is 3. The Labute approximate surface area is 175 Å². The lowest BCUT2D eigenvalue weighted by Crippen LogP contribution is -2.14. The Morgan fingerprint density at radius 1 is 0.968 bits per heavy atom. The van der Waals surface area contributed by atoms with E-state index in [0.29, 0.717) is 16.8 Å². The van der Waals surface area contributed by atoms with E-state index in [2.05, 4.69) is 22.1 Å². The van der Waals surface area contributed by atoms with Crippen LogP contribution in [0.1, 0.15) is 37.4 Å². The summed E-state index contributed by atoms with van der Waals surface area (Å²) in [5.74, 6) is 4.36. The molecule has 0 unspecified atom stereocenters. The summed E-state index contributed by atoms with van der Waals surface area (Å²) in [5, 5.41) is 2.54. The molecule has 0 atom stereocenters. The number of pyridine rings is 1. The lowest BCUT2D eigenvalue weighted by Gasteiger charge is -2.09. The van der Waals surface area contributed by atoms with E-state index < -0.39 is 23.6 Å². The Balaban J connectivity index is 1.81. The quantitative estimate of drug-likeness (QED) is 0.560. The third-order valence-electron chi connectivity index (χ3n) is 4.12. The summed E-state index contributed by atoms with van der Waals surface area (Å²) in [4.78, 5) is 27.5. The lowest BCUT2D eigenvalue weighted by molar-refractivity contribution is -0.137. The number of hydrogen-bond donors (Lipinski definition) is 3. The molecule has 3 rings (SSSR count). The Bertz CT molecular complexity index is 1230. The number of anilines is 2. The first-order valence-corrected chi connectivity index (χ1v) is 8.79. The molecule has 1 aromatic heterocycles. The average molecular weight is 424 g/mol. The summed E-state index contributed by atoms with van der Waals surface area (Å²) in [5.41, 5.74) is 11.2. The molecule has 156 valence electrons. The number of alkyl halides is 3. The highest BCUT2D eigenvalue weighted by molar-refractivity contribution is 6.04. The molecule has 0 spiro atoms. The SMILES string of the molecule is NC(=O)c1cnc(N)c(C#Cc2cccc(NC(=O)c3cccc(C(F)(F)F)c3)c2)c1. The van der Waals surface area contributed by atoms with Gasteiger partial charge in [0, 0.05) is 23.0 Å². The van der Waals surface area contributed by atoms with E-state index in [1.165, 1.54) is 18.3 Å². The maximum atomic E-state index is 12.8. The maximum absolute atomic E-state index is 12.8. The van der Waals surface area contributed by atoms with Gasteiger partial charge in [-0.1, -0.05) is 24.0 Å². The summed E-state index contributed by atoms with van der Waals surface area (Å²) in [7, 11) is 0. The molecular formula is C22H15F3N4O2. The van der Waals surface area contributed by atoms with Crippen molar-refractivity contribution in [2.24, 2.45) is 5.73 Å². The van der Waals surface area contributed by atoms with Gasteiger partial charge in [-0.05, 0) is 42.5 Å².